The summed E-state index contributed by atoms with van der Waals surface area (Å²) in [6, 6.07) is 10.4. The fraction of sp³-hybridized carbons (Fsp3) is 0.500. The average Bonchev–Trinajstić information content (AvgIpc) is 2.55. The molecule has 2 aromatic rings. The molecule has 25 heavy (non-hydrogen) atoms. The van der Waals surface area contributed by atoms with Crippen LogP contribution in [0.3, 0.4) is 0 Å². The number of nitrogens with one attached hydrogen (secondary N) is 2. The highest BCUT2D eigenvalue weighted by atomic mass is 15.2. The molecule has 5 heteroatoms. The standard InChI is InChI=1S/C20H29N5/c1-15-10-13-25(14-11-15)17-7-5-16(6-8-17)22-19-21-12-9-18(23-19)24-20(2,3)4/h5-9,12,15H,10-11,13-14H2,1-4H3,(H2,21,22,23,24). The van der Waals surface area contributed by atoms with E-state index in [0.717, 1.165) is 30.5 Å². The van der Waals surface area contributed by atoms with Crippen molar-refractivity contribution in [1.82, 2.24) is 9.97 Å². The number of hydrogen-bond acceptors (Lipinski definition) is 5. The Bertz CT molecular complexity index is 682. The third-order valence-electron chi connectivity index (χ3n) is 4.43. The maximum Gasteiger partial charge on any atom is 0.229 e. The van der Waals surface area contributed by atoms with Crippen molar-refractivity contribution < 1.29 is 0 Å². The van der Waals surface area contributed by atoms with Crippen LogP contribution in [0, 0.1) is 5.92 Å². The zero-order valence-electron chi connectivity index (χ0n) is 15.7. The molecule has 1 fully saturated rings. The molecule has 5 nitrogen and oxygen atoms in total. The van der Waals surface area contributed by atoms with Gasteiger partial charge in [0.25, 0.3) is 0 Å². The molecule has 2 heterocycles. The molecule has 0 radical (unpaired) electrons. The summed E-state index contributed by atoms with van der Waals surface area (Å²) in [5.74, 6) is 2.28. The molecule has 0 spiro atoms. The second-order valence-corrected chi connectivity index (χ2v) is 7.98. The smallest absolute Gasteiger partial charge is 0.229 e. The van der Waals surface area contributed by atoms with Crippen molar-refractivity contribution in [3.05, 3.63) is 36.5 Å². The molecule has 0 amide bonds. The SMILES string of the molecule is CC1CCN(c2ccc(Nc3nccc(NC(C)(C)C)n3)cc2)CC1. The van der Waals surface area contributed by atoms with Crippen LogP contribution in [0.25, 0.3) is 0 Å². The van der Waals surface area contributed by atoms with Gasteiger partial charge in [0.2, 0.25) is 5.95 Å². The minimum atomic E-state index is -0.0286. The van der Waals surface area contributed by atoms with Crippen molar-refractivity contribution in [2.45, 2.75) is 46.1 Å². The van der Waals surface area contributed by atoms with Gasteiger partial charge in [0.05, 0.1) is 0 Å². The highest BCUT2D eigenvalue weighted by Crippen LogP contribution is 2.25. The van der Waals surface area contributed by atoms with Crippen molar-refractivity contribution in [1.29, 1.82) is 0 Å². The van der Waals surface area contributed by atoms with Crippen molar-refractivity contribution in [2.75, 3.05) is 28.6 Å². The van der Waals surface area contributed by atoms with Gasteiger partial charge in [-0.3, -0.25) is 0 Å². The monoisotopic (exact) mass is 339 g/mol. The topological polar surface area (TPSA) is 53.1 Å². The summed E-state index contributed by atoms with van der Waals surface area (Å²) < 4.78 is 0. The van der Waals surface area contributed by atoms with E-state index in [9.17, 15) is 0 Å². The lowest BCUT2D eigenvalue weighted by molar-refractivity contribution is 0.438. The fourth-order valence-electron chi connectivity index (χ4n) is 3.02. The number of anilines is 4. The predicted molar refractivity (Wildman–Crippen MR) is 106 cm³/mol. The third-order valence-corrected chi connectivity index (χ3v) is 4.43. The van der Waals surface area contributed by atoms with Crippen LogP contribution in [0.15, 0.2) is 36.5 Å². The number of nitrogens with zero attached hydrogens (tertiary/aromatic N) is 3. The molecule has 0 aliphatic carbocycles. The number of benzene rings is 1. The summed E-state index contributed by atoms with van der Waals surface area (Å²) in [6.07, 6.45) is 4.33. The maximum atomic E-state index is 4.53. The number of rotatable bonds is 4. The first-order valence-corrected chi connectivity index (χ1v) is 9.12. The first-order valence-electron chi connectivity index (χ1n) is 9.12. The van der Waals surface area contributed by atoms with Crippen LogP contribution in [0.5, 0.6) is 0 Å². The van der Waals surface area contributed by atoms with Crippen LogP contribution in [0.1, 0.15) is 40.5 Å². The Kier molecular flexibility index (Phi) is 5.11. The molecule has 1 aliphatic rings. The van der Waals surface area contributed by atoms with Crippen molar-refractivity contribution in [3.63, 3.8) is 0 Å². The van der Waals surface area contributed by atoms with Crippen LogP contribution >= 0.6 is 0 Å². The zero-order chi connectivity index (χ0) is 17.9. The molecule has 0 bridgehead atoms. The van der Waals surface area contributed by atoms with E-state index in [1.54, 1.807) is 6.20 Å². The second-order valence-electron chi connectivity index (χ2n) is 7.98. The van der Waals surface area contributed by atoms with Crippen LogP contribution < -0.4 is 15.5 Å². The minimum Gasteiger partial charge on any atom is -0.372 e. The van der Waals surface area contributed by atoms with Crippen LogP contribution in [-0.2, 0) is 0 Å². The number of aromatic nitrogens is 2. The van der Waals surface area contributed by atoms with E-state index in [1.807, 2.05) is 6.07 Å². The first-order chi connectivity index (χ1) is 11.9. The molecule has 1 aliphatic heterocycles. The summed E-state index contributed by atoms with van der Waals surface area (Å²) in [6.45, 7) is 11.0. The Labute approximate surface area is 150 Å². The average molecular weight is 339 g/mol. The summed E-state index contributed by atoms with van der Waals surface area (Å²) >= 11 is 0. The van der Waals surface area contributed by atoms with E-state index in [4.69, 9.17) is 0 Å². The number of piperidine rings is 1. The highest BCUT2D eigenvalue weighted by molar-refractivity contribution is 5.60. The Morgan fingerprint density at radius 3 is 2.36 bits per heavy atom. The van der Waals surface area contributed by atoms with E-state index in [-0.39, 0.29) is 5.54 Å². The lowest BCUT2D eigenvalue weighted by Crippen LogP contribution is -2.32. The van der Waals surface area contributed by atoms with Gasteiger partial charge in [-0.05, 0) is 69.9 Å². The molecule has 0 saturated carbocycles. The molecule has 3 rings (SSSR count). The van der Waals surface area contributed by atoms with Crippen molar-refractivity contribution in [3.8, 4) is 0 Å². The largest absolute Gasteiger partial charge is 0.372 e. The van der Waals surface area contributed by atoms with Gasteiger partial charge in [-0.15, -0.1) is 0 Å². The lowest BCUT2D eigenvalue weighted by atomic mass is 9.99. The van der Waals surface area contributed by atoms with Crippen LogP contribution in [-0.4, -0.2) is 28.6 Å². The first kappa shape index (κ1) is 17.5. The molecule has 1 aromatic carbocycles. The van der Waals surface area contributed by atoms with E-state index in [0.29, 0.717) is 5.95 Å². The van der Waals surface area contributed by atoms with E-state index >= 15 is 0 Å². The van der Waals surface area contributed by atoms with Gasteiger partial charge >= 0.3 is 0 Å². The summed E-state index contributed by atoms with van der Waals surface area (Å²) in [7, 11) is 0. The van der Waals surface area contributed by atoms with E-state index in [1.165, 1.54) is 18.5 Å². The van der Waals surface area contributed by atoms with Gasteiger partial charge in [-0.25, -0.2) is 4.98 Å². The molecule has 0 atom stereocenters. The van der Waals surface area contributed by atoms with Gasteiger partial charge in [-0.2, -0.15) is 4.98 Å². The molecule has 1 aromatic heterocycles. The van der Waals surface area contributed by atoms with Crippen LogP contribution in [0.2, 0.25) is 0 Å². The number of hydrogen-bond donors (Lipinski definition) is 2. The van der Waals surface area contributed by atoms with Gasteiger partial charge in [-0.1, -0.05) is 6.92 Å². The van der Waals surface area contributed by atoms with Gasteiger partial charge in [0.1, 0.15) is 5.82 Å². The second kappa shape index (κ2) is 7.30. The minimum absolute atomic E-state index is 0.0286. The zero-order valence-corrected chi connectivity index (χ0v) is 15.7. The van der Waals surface area contributed by atoms with Crippen molar-refractivity contribution >= 4 is 23.1 Å². The molecule has 1 saturated heterocycles. The molecule has 134 valence electrons. The van der Waals surface area contributed by atoms with Crippen molar-refractivity contribution in [2.24, 2.45) is 5.92 Å². The predicted octanol–water partition coefficient (Wildman–Crippen LogP) is 4.67. The van der Waals surface area contributed by atoms with Crippen LogP contribution in [0.4, 0.5) is 23.1 Å². The fourth-order valence-corrected chi connectivity index (χ4v) is 3.02. The quantitative estimate of drug-likeness (QED) is 0.848. The normalized spacial score (nSPS) is 15.9. The summed E-state index contributed by atoms with van der Waals surface area (Å²) in [4.78, 5) is 11.3. The summed E-state index contributed by atoms with van der Waals surface area (Å²) in [5.41, 5.74) is 2.27. The third kappa shape index (κ3) is 5.08. The molecule has 2 N–H and O–H groups in total. The van der Waals surface area contributed by atoms with Gasteiger partial charge in [0, 0.05) is 36.2 Å². The Balaban J connectivity index is 1.64. The lowest BCUT2D eigenvalue weighted by Gasteiger charge is -2.32. The molecular weight excluding hydrogens is 310 g/mol. The Morgan fingerprint density at radius 1 is 1.04 bits per heavy atom. The maximum absolute atomic E-state index is 4.53. The van der Waals surface area contributed by atoms with Gasteiger partial charge < -0.3 is 15.5 Å². The molecule has 0 unspecified atom stereocenters. The van der Waals surface area contributed by atoms with Gasteiger partial charge in [0.15, 0.2) is 0 Å². The highest BCUT2D eigenvalue weighted by Gasteiger charge is 2.16. The van der Waals surface area contributed by atoms with E-state index < -0.39 is 0 Å². The summed E-state index contributed by atoms with van der Waals surface area (Å²) in [5, 5.41) is 6.65. The Hall–Kier alpha value is -2.30. The Morgan fingerprint density at radius 2 is 1.72 bits per heavy atom. The van der Waals surface area contributed by atoms with E-state index in [2.05, 4.69) is 77.5 Å². The molecular formula is C20H29N5.